The van der Waals surface area contributed by atoms with Crippen molar-refractivity contribution in [2.45, 2.75) is 6.92 Å². The lowest BCUT2D eigenvalue weighted by molar-refractivity contribution is -0.384. The highest BCUT2D eigenvalue weighted by molar-refractivity contribution is 6.04. The highest BCUT2D eigenvalue weighted by atomic mass is 19.1. The fourth-order valence-corrected chi connectivity index (χ4v) is 1.72. The van der Waals surface area contributed by atoms with E-state index in [1.807, 2.05) is 0 Å². The number of carbonyl (C=O) groups is 1. The molecule has 0 unspecified atom stereocenters. The standard InChI is InChI=1S/C14H11FN2O3/c1-9-4-2-7-12(13(9)15)14(18)16-10-5-3-6-11(8-10)17(19)20/h2-8H,1H3,(H,16,18). The lowest BCUT2D eigenvalue weighted by atomic mass is 10.1. The number of benzene rings is 2. The number of nitrogens with one attached hydrogen (secondary N) is 1. The number of rotatable bonds is 3. The fourth-order valence-electron chi connectivity index (χ4n) is 1.72. The summed E-state index contributed by atoms with van der Waals surface area (Å²) in [6.07, 6.45) is 0. The molecule has 20 heavy (non-hydrogen) atoms. The van der Waals surface area contributed by atoms with Gasteiger partial charge in [0.2, 0.25) is 0 Å². The van der Waals surface area contributed by atoms with Crippen LogP contribution < -0.4 is 5.32 Å². The van der Waals surface area contributed by atoms with Gasteiger partial charge in [-0.2, -0.15) is 0 Å². The molecule has 0 aromatic heterocycles. The van der Waals surface area contributed by atoms with Crippen molar-refractivity contribution in [1.82, 2.24) is 0 Å². The second-order valence-corrected chi connectivity index (χ2v) is 4.20. The van der Waals surface area contributed by atoms with Gasteiger partial charge in [-0.25, -0.2) is 4.39 Å². The first-order valence-electron chi connectivity index (χ1n) is 5.80. The first kappa shape index (κ1) is 13.7. The minimum atomic E-state index is -0.647. The molecule has 2 aromatic carbocycles. The van der Waals surface area contributed by atoms with Crippen LogP contribution in [-0.4, -0.2) is 10.8 Å². The van der Waals surface area contributed by atoms with Crippen molar-refractivity contribution in [3.05, 3.63) is 69.5 Å². The summed E-state index contributed by atoms with van der Waals surface area (Å²) >= 11 is 0. The molecule has 0 bridgehead atoms. The van der Waals surface area contributed by atoms with Gasteiger partial charge in [0.1, 0.15) is 5.82 Å². The molecule has 1 amide bonds. The van der Waals surface area contributed by atoms with Crippen molar-refractivity contribution in [2.75, 3.05) is 5.32 Å². The maximum Gasteiger partial charge on any atom is 0.271 e. The summed E-state index contributed by atoms with van der Waals surface area (Å²) in [5.74, 6) is -1.25. The number of carbonyl (C=O) groups excluding carboxylic acids is 1. The Morgan fingerprint density at radius 2 is 1.95 bits per heavy atom. The largest absolute Gasteiger partial charge is 0.322 e. The highest BCUT2D eigenvalue weighted by Crippen LogP contribution is 2.19. The lowest BCUT2D eigenvalue weighted by Gasteiger charge is -2.07. The number of nitrogens with zero attached hydrogens (tertiary/aromatic N) is 1. The Bertz CT molecular complexity index is 686. The summed E-state index contributed by atoms with van der Waals surface area (Å²) in [7, 11) is 0. The second kappa shape index (κ2) is 5.48. The number of nitro groups is 1. The maximum atomic E-state index is 13.8. The van der Waals surface area contributed by atoms with E-state index in [1.165, 1.54) is 30.3 Å². The lowest BCUT2D eigenvalue weighted by Crippen LogP contribution is -2.14. The quantitative estimate of drug-likeness (QED) is 0.689. The number of hydrogen-bond donors (Lipinski definition) is 1. The monoisotopic (exact) mass is 274 g/mol. The van der Waals surface area contributed by atoms with Crippen LogP contribution in [0.3, 0.4) is 0 Å². The SMILES string of the molecule is Cc1cccc(C(=O)Nc2cccc([N+](=O)[O-])c2)c1F. The number of amides is 1. The van der Waals surface area contributed by atoms with Gasteiger partial charge in [0.25, 0.3) is 11.6 Å². The summed E-state index contributed by atoms with van der Waals surface area (Å²) in [6.45, 7) is 1.56. The Morgan fingerprint density at radius 3 is 2.65 bits per heavy atom. The van der Waals surface area contributed by atoms with Gasteiger partial charge in [0, 0.05) is 17.8 Å². The predicted octanol–water partition coefficient (Wildman–Crippen LogP) is 3.29. The van der Waals surface area contributed by atoms with Crippen LogP contribution in [0.15, 0.2) is 42.5 Å². The van der Waals surface area contributed by atoms with Crippen molar-refractivity contribution in [3.8, 4) is 0 Å². The normalized spacial score (nSPS) is 10.1. The first-order chi connectivity index (χ1) is 9.49. The van der Waals surface area contributed by atoms with Crippen molar-refractivity contribution >= 4 is 17.3 Å². The van der Waals surface area contributed by atoms with Crippen molar-refractivity contribution in [1.29, 1.82) is 0 Å². The van der Waals surface area contributed by atoms with Gasteiger partial charge in [-0.1, -0.05) is 18.2 Å². The highest BCUT2D eigenvalue weighted by Gasteiger charge is 2.14. The van der Waals surface area contributed by atoms with E-state index >= 15 is 0 Å². The van der Waals surface area contributed by atoms with Crippen molar-refractivity contribution in [3.63, 3.8) is 0 Å². The van der Waals surface area contributed by atoms with Crippen molar-refractivity contribution in [2.24, 2.45) is 0 Å². The van der Waals surface area contributed by atoms with Crippen molar-refractivity contribution < 1.29 is 14.1 Å². The van der Waals surface area contributed by atoms with Crippen LogP contribution in [-0.2, 0) is 0 Å². The topological polar surface area (TPSA) is 72.2 Å². The molecule has 0 aliphatic carbocycles. The average Bonchev–Trinajstić information content (AvgIpc) is 2.42. The molecule has 0 fully saturated rings. The molecule has 102 valence electrons. The van der Waals surface area contributed by atoms with Crippen LogP contribution in [0.2, 0.25) is 0 Å². The third kappa shape index (κ3) is 2.80. The number of halogens is 1. The average molecular weight is 274 g/mol. The number of aryl methyl sites for hydroxylation is 1. The molecule has 0 atom stereocenters. The van der Waals surface area contributed by atoms with Crippen LogP contribution in [0, 0.1) is 22.9 Å². The molecule has 5 nitrogen and oxygen atoms in total. The van der Waals surface area contributed by atoms with E-state index in [1.54, 1.807) is 19.1 Å². The van der Waals surface area contributed by atoms with Crippen LogP contribution in [0.5, 0.6) is 0 Å². The van der Waals surface area contributed by atoms with Gasteiger partial charge in [0.15, 0.2) is 0 Å². The van der Waals surface area contributed by atoms with E-state index < -0.39 is 16.6 Å². The Balaban J connectivity index is 2.26. The molecule has 1 N–H and O–H groups in total. The number of non-ortho nitro benzene ring substituents is 1. The van der Waals surface area contributed by atoms with E-state index in [-0.39, 0.29) is 16.9 Å². The zero-order valence-corrected chi connectivity index (χ0v) is 10.6. The van der Waals surface area contributed by atoms with E-state index in [0.717, 1.165) is 0 Å². The van der Waals surface area contributed by atoms with E-state index in [4.69, 9.17) is 0 Å². The molecular formula is C14H11FN2O3. The molecule has 0 spiro atoms. The van der Waals surface area contributed by atoms with Gasteiger partial charge < -0.3 is 5.32 Å². The van der Waals surface area contributed by atoms with E-state index in [0.29, 0.717) is 5.56 Å². The minimum Gasteiger partial charge on any atom is -0.322 e. The fraction of sp³-hybridized carbons (Fsp3) is 0.0714. The summed E-state index contributed by atoms with van der Waals surface area (Å²) in [5, 5.41) is 13.1. The molecule has 2 rings (SSSR count). The molecular weight excluding hydrogens is 263 g/mol. The van der Waals surface area contributed by atoms with Crippen LogP contribution >= 0.6 is 0 Å². The Morgan fingerprint density at radius 1 is 1.25 bits per heavy atom. The van der Waals surface area contributed by atoms with Crippen LogP contribution in [0.25, 0.3) is 0 Å². The van der Waals surface area contributed by atoms with E-state index in [2.05, 4.69) is 5.32 Å². The van der Waals surface area contributed by atoms with Gasteiger partial charge in [-0.15, -0.1) is 0 Å². The summed E-state index contributed by atoms with van der Waals surface area (Å²) in [4.78, 5) is 22.0. The smallest absolute Gasteiger partial charge is 0.271 e. The maximum absolute atomic E-state index is 13.8. The molecule has 0 radical (unpaired) electrons. The third-order valence-corrected chi connectivity index (χ3v) is 2.75. The minimum absolute atomic E-state index is 0.100. The molecule has 2 aromatic rings. The third-order valence-electron chi connectivity index (χ3n) is 2.75. The Hall–Kier alpha value is -2.76. The second-order valence-electron chi connectivity index (χ2n) is 4.20. The zero-order valence-electron chi connectivity index (χ0n) is 10.6. The van der Waals surface area contributed by atoms with Crippen LogP contribution in [0.4, 0.5) is 15.8 Å². The summed E-state index contributed by atoms with van der Waals surface area (Å²) in [5.41, 5.74) is 0.353. The molecule has 0 heterocycles. The molecule has 0 saturated heterocycles. The first-order valence-corrected chi connectivity index (χ1v) is 5.80. The number of nitro benzene ring substituents is 1. The van der Waals surface area contributed by atoms with E-state index in [9.17, 15) is 19.3 Å². The van der Waals surface area contributed by atoms with Crippen LogP contribution in [0.1, 0.15) is 15.9 Å². The Labute approximate surface area is 114 Å². The zero-order chi connectivity index (χ0) is 14.7. The molecule has 6 heteroatoms. The summed E-state index contributed by atoms with van der Waals surface area (Å²) < 4.78 is 13.8. The predicted molar refractivity (Wildman–Crippen MR) is 72.2 cm³/mol. The number of hydrogen-bond acceptors (Lipinski definition) is 3. The molecule has 0 saturated carbocycles. The Kier molecular flexibility index (Phi) is 3.74. The van der Waals surface area contributed by atoms with Gasteiger partial charge >= 0.3 is 0 Å². The summed E-state index contributed by atoms with van der Waals surface area (Å²) in [6, 6.07) is 9.95. The molecule has 0 aliphatic rings. The van der Waals surface area contributed by atoms with Gasteiger partial charge in [0.05, 0.1) is 10.5 Å². The van der Waals surface area contributed by atoms with Gasteiger partial charge in [-0.05, 0) is 24.6 Å². The molecule has 0 aliphatic heterocycles. The number of anilines is 1. The van der Waals surface area contributed by atoms with Gasteiger partial charge in [-0.3, -0.25) is 14.9 Å².